The highest BCUT2D eigenvalue weighted by atomic mass is 16.3. The molecule has 4 nitrogen and oxygen atoms in total. The van der Waals surface area contributed by atoms with E-state index in [0.717, 1.165) is 32.1 Å². The van der Waals surface area contributed by atoms with Gasteiger partial charge in [0.15, 0.2) is 0 Å². The third-order valence-electron chi connectivity index (χ3n) is 5.52. The van der Waals surface area contributed by atoms with Crippen molar-refractivity contribution in [2.75, 3.05) is 6.61 Å². The van der Waals surface area contributed by atoms with Crippen molar-refractivity contribution in [3.63, 3.8) is 0 Å². The zero-order chi connectivity index (χ0) is 17.1. The molecule has 1 heterocycles. The van der Waals surface area contributed by atoms with Gasteiger partial charge in [-0.25, -0.2) is 0 Å². The highest BCUT2D eigenvalue weighted by Gasteiger charge is 2.37. The summed E-state index contributed by atoms with van der Waals surface area (Å²) in [5.41, 5.74) is 0. The molecular weight excluding hydrogens is 290 g/mol. The zero-order valence-electron chi connectivity index (χ0n) is 15.2. The lowest BCUT2D eigenvalue weighted by molar-refractivity contribution is -0.0192. The molecule has 5 atom stereocenters. The van der Waals surface area contributed by atoms with E-state index in [1.807, 2.05) is 0 Å². The van der Waals surface area contributed by atoms with Crippen LogP contribution in [-0.4, -0.2) is 46.2 Å². The first kappa shape index (κ1) is 20.9. The van der Waals surface area contributed by atoms with Crippen LogP contribution in [0.3, 0.4) is 0 Å². The first-order valence-corrected chi connectivity index (χ1v) is 9.83. The Hall–Kier alpha value is -0.160. The van der Waals surface area contributed by atoms with Crippen molar-refractivity contribution in [3.05, 3.63) is 0 Å². The van der Waals surface area contributed by atoms with Crippen molar-refractivity contribution in [1.29, 1.82) is 0 Å². The second-order valence-corrected chi connectivity index (χ2v) is 7.41. The lowest BCUT2D eigenvalue weighted by Crippen LogP contribution is -2.66. The Labute approximate surface area is 142 Å². The Morgan fingerprint density at radius 2 is 1.48 bits per heavy atom. The van der Waals surface area contributed by atoms with Crippen molar-refractivity contribution in [3.8, 4) is 0 Å². The van der Waals surface area contributed by atoms with Crippen LogP contribution in [-0.2, 0) is 0 Å². The van der Waals surface area contributed by atoms with Gasteiger partial charge in [0.1, 0.15) is 0 Å². The first-order valence-electron chi connectivity index (χ1n) is 9.83. The molecule has 138 valence electrons. The van der Waals surface area contributed by atoms with Gasteiger partial charge in [-0.1, -0.05) is 71.6 Å². The van der Waals surface area contributed by atoms with Crippen molar-refractivity contribution < 1.29 is 15.3 Å². The van der Waals surface area contributed by atoms with Gasteiger partial charge in [-0.3, -0.25) is 0 Å². The molecule has 1 aliphatic rings. The van der Waals surface area contributed by atoms with Crippen LogP contribution in [0.2, 0.25) is 0 Å². The second kappa shape index (κ2) is 12.2. The highest BCUT2D eigenvalue weighted by molar-refractivity contribution is 4.97. The summed E-state index contributed by atoms with van der Waals surface area (Å²) in [5.74, 6) is 0.436. The van der Waals surface area contributed by atoms with Gasteiger partial charge in [0.2, 0.25) is 0 Å². The van der Waals surface area contributed by atoms with E-state index in [0.29, 0.717) is 5.92 Å². The van der Waals surface area contributed by atoms with Gasteiger partial charge in [0, 0.05) is 6.04 Å². The maximum Gasteiger partial charge on any atom is 0.0868 e. The molecule has 0 aromatic carbocycles. The quantitative estimate of drug-likeness (QED) is 0.370. The van der Waals surface area contributed by atoms with E-state index in [-0.39, 0.29) is 30.9 Å². The summed E-state index contributed by atoms with van der Waals surface area (Å²) in [7, 11) is 0. The van der Waals surface area contributed by atoms with Crippen molar-refractivity contribution in [2.24, 2.45) is 5.92 Å². The largest absolute Gasteiger partial charge is 0.395 e. The second-order valence-electron chi connectivity index (χ2n) is 7.41. The maximum atomic E-state index is 9.90. The summed E-state index contributed by atoms with van der Waals surface area (Å²) >= 11 is 0. The Balaban J connectivity index is 1.80. The molecule has 0 spiro atoms. The Morgan fingerprint density at radius 1 is 0.913 bits per heavy atom. The van der Waals surface area contributed by atoms with E-state index in [4.69, 9.17) is 5.11 Å². The van der Waals surface area contributed by atoms with Gasteiger partial charge >= 0.3 is 0 Å². The van der Waals surface area contributed by atoms with E-state index in [1.54, 1.807) is 0 Å². The summed E-state index contributed by atoms with van der Waals surface area (Å²) in [6, 6.07) is 0.0999. The molecule has 0 bridgehead atoms. The molecule has 0 unspecified atom stereocenters. The van der Waals surface area contributed by atoms with Crippen LogP contribution >= 0.6 is 0 Å². The fourth-order valence-electron chi connectivity index (χ4n) is 3.38. The van der Waals surface area contributed by atoms with Gasteiger partial charge in [-0.15, -0.1) is 0 Å². The lowest BCUT2D eigenvalue weighted by atomic mass is 9.89. The number of unbranched alkanes of at least 4 members (excludes halogenated alkanes) is 7. The molecule has 0 radical (unpaired) electrons. The molecule has 0 aromatic heterocycles. The number of aliphatic hydroxyl groups excluding tert-OH is 3. The molecule has 1 saturated heterocycles. The number of aliphatic hydroxyl groups is 3. The number of hydrogen-bond donors (Lipinski definition) is 4. The average molecular weight is 330 g/mol. The Bertz CT molecular complexity index is 288. The van der Waals surface area contributed by atoms with Crippen LogP contribution in [0.5, 0.6) is 0 Å². The van der Waals surface area contributed by atoms with Crippen LogP contribution < -0.4 is 5.32 Å². The van der Waals surface area contributed by atoms with Crippen LogP contribution in [0.4, 0.5) is 0 Å². The molecule has 0 aliphatic carbocycles. The fraction of sp³-hybridized carbons (Fsp3) is 1.00. The normalized spacial score (nSPS) is 26.7. The van der Waals surface area contributed by atoms with E-state index in [2.05, 4.69) is 19.2 Å². The highest BCUT2D eigenvalue weighted by Crippen LogP contribution is 2.19. The van der Waals surface area contributed by atoms with E-state index < -0.39 is 0 Å². The third kappa shape index (κ3) is 7.97. The summed E-state index contributed by atoms with van der Waals surface area (Å²) in [5, 5.41) is 31.8. The summed E-state index contributed by atoms with van der Waals surface area (Å²) in [6.45, 7) is 4.30. The summed E-state index contributed by atoms with van der Waals surface area (Å²) in [4.78, 5) is 0. The van der Waals surface area contributed by atoms with Crippen LogP contribution in [0.1, 0.15) is 84.5 Å². The monoisotopic (exact) mass is 329 g/mol. The van der Waals surface area contributed by atoms with Crippen molar-refractivity contribution in [2.45, 2.75) is 109 Å². The number of nitrogens with one attached hydrogen (secondary N) is 1. The zero-order valence-corrected chi connectivity index (χ0v) is 15.2. The minimum Gasteiger partial charge on any atom is -0.395 e. The van der Waals surface area contributed by atoms with Crippen LogP contribution in [0.25, 0.3) is 0 Å². The molecule has 1 fully saturated rings. The van der Waals surface area contributed by atoms with Gasteiger partial charge in [0.25, 0.3) is 0 Å². The summed E-state index contributed by atoms with van der Waals surface area (Å²) in [6.07, 6.45) is 12.5. The smallest absolute Gasteiger partial charge is 0.0868 e. The lowest BCUT2D eigenvalue weighted by Gasteiger charge is -2.42. The topological polar surface area (TPSA) is 72.7 Å². The molecule has 4 heteroatoms. The predicted octanol–water partition coefficient (Wildman–Crippen LogP) is 2.99. The van der Waals surface area contributed by atoms with E-state index >= 15 is 0 Å². The van der Waals surface area contributed by atoms with Gasteiger partial charge in [-0.05, 0) is 18.8 Å². The fourth-order valence-corrected chi connectivity index (χ4v) is 3.38. The number of hydrogen-bond acceptors (Lipinski definition) is 4. The molecule has 1 aliphatic heterocycles. The maximum absolute atomic E-state index is 9.90. The van der Waals surface area contributed by atoms with Crippen molar-refractivity contribution >= 4 is 0 Å². The minimum atomic E-state index is -0.356. The third-order valence-corrected chi connectivity index (χ3v) is 5.52. The minimum absolute atomic E-state index is 0.0338. The first-order chi connectivity index (χ1) is 11.1. The van der Waals surface area contributed by atoms with Crippen LogP contribution in [0, 0.1) is 5.92 Å². The molecule has 4 N–H and O–H groups in total. The molecule has 0 saturated carbocycles. The van der Waals surface area contributed by atoms with Gasteiger partial charge < -0.3 is 20.6 Å². The molecule has 0 aromatic rings. The van der Waals surface area contributed by atoms with Crippen LogP contribution in [0.15, 0.2) is 0 Å². The average Bonchev–Trinajstić information content (AvgIpc) is 2.56. The molecule has 1 rings (SSSR count). The molecule has 0 amide bonds. The number of rotatable bonds is 14. The van der Waals surface area contributed by atoms with E-state index in [9.17, 15) is 10.2 Å². The standard InChI is InChI=1S/C19H39NO3/c1-3-15(2)18(22)13-11-9-7-5-4-6-8-10-12-16-19(23)17(14-21)20-16/h15-23H,3-14H2,1-2H3/t15-,16-,17-,18+,19+/m0/s1. The van der Waals surface area contributed by atoms with Crippen molar-refractivity contribution in [1.82, 2.24) is 5.32 Å². The molecular formula is C19H39NO3. The SMILES string of the molecule is CC[C@H](C)[C@H](O)CCCCCCCCCC[C@@H]1N[C@@H](CO)[C@@H]1O. The summed E-state index contributed by atoms with van der Waals surface area (Å²) < 4.78 is 0. The Kier molecular flexibility index (Phi) is 11.1. The molecule has 23 heavy (non-hydrogen) atoms. The Morgan fingerprint density at radius 3 is 2.00 bits per heavy atom. The van der Waals surface area contributed by atoms with Gasteiger partial charge in [-0.2, -0.15) is 0 Å². The van der Waals surface area contributed by atoms with Gasteiger partial charge in [0.05, 0.1) is 24.9 Å². The van der Waals surface area contributed by atoms with E-state index in [1.165, 1.54) is 38.5 Å². The predicted molar refractivity (Wildman–Crippen MR) is 95.4 cm³/mol.